The lowest BCUT2D eigenvalue weighted by atomic mass is 9.75. The van der Waals surface area contributed by atoms with Gasteiger partial charge in [0.2, 0.25) is 0 Å². The van der Waals surface area contributed by atoms with Crippen molar-refractivity contribution in [2.45, 2.75) is 54.4 Å². The molecule has 0 amide bonds. The van der Waals surface area contributed by atoms with Crippen molar-refractivity contribution in [1.29, 1.82) is 0 Å². The van der Waals surface area contributed by atoms with Gasteiger partial charge in [-0.2, -0.15) is 0 Å². The van der Waals surface area contributed by atoms with E-state index in [9.17, 15) is 4.79 Å². The number of rotatable bonds is 7. The molecule has 0 aliphatic heterocycles. The zero-order valence-corrected chi connectivity index (χ0v) is 19.3. The first-order chi connectivity index (χ1) is 12.7. The van der Waals surface area contributed by atoms with E-state index in [4.69, 9.17) is 16.7 Å². The Morgan fingerprint density at radius 2 is 1.41 bits per heavy atom. The first kappa shape index (κ1) is 30.6. The van der Waals surface area contributed by atoms with Gasteiger partial charge < -0.3 is 14.6 Å². The Morgan fingerprint density at radius 3 is 1.59 bits per heavy atom. The van der Waals surface area contributed by atoms with Crippen LogP contribution in [0.5, 0.6) is 5.75 Å². The highest BCUT2D eigenvalue weighted by atomic mass is 35.5. The van der Waals surface area contributed by atoms with E-state index in [0.29, 0.717) is 24.2 Å². The number of ether oxygens (including phenoxy) is 2. The molecule has 0 radical (unpaired) electrons. The van der Waals surface area contributed by atoms with Crippen LogP contribution in [0.4, 0.5) is 0 Å². The molecule has 0 spiro atoms. The molecule has 160 valence electrons. The number of methoxy groups -OCH3 is 2. The molecule has 0 fully saturated rings. The summed E-state index contributed by atoms with van der Waals surface area (Å²) in [6.07, 6.45) is 3.35. The van der Waals surface area contributed by atoms with Crippen LogP contribution in [-0.2, 0) is 9.47 Å². The highest BCUT2D eigenvalue weighted by molar-refractivity contribution is 6.17. The Hall–Kier alpha value is -1.10. The minimum Gasteiger partial charge on any atom is -0.508 e. The molecule has 0 atom stereocenters. The molecule has 4 nitrogen and oxygen atoms in total. The minimum absolute atomic E-state index is 0.181. The number of hydrogen-bond acceptors (Lipinski definition) is 4. The van der Waals surface area contributed by atoms with Crippen LogP contribution in [0.25, 0.3) is 0 Å². The van der Waals surface area contributed by atoms with E-state index >= 15 is 0 Å². The molecule has 5 heteroatoms. The Bertz CT molecular complexity index is 411. The molecule has 0 heterocycles. The Morgan fingerprint density at radius 1 is 1.04 bits per heavy atom. The molecule has 0 saturated carbocycles. The number of aldehydes is 1. The standard InChI is InChI=1S/C9H20.C7H6O2.C4H10O2.C2H5Cl/c1-6-9(5,7-2)8(3)4;8-5-6-1-3-7(9)4-2-6;1-5-3-4-6-2;1-2-3/h8H,6-7H2,1-5H3;1-5,9H;3-4H2,1-2H3;2H2,1H3. The molecule has 1 aromatic carbocycles. The number of aromatic hydroxyl groups is 1. The summed E-state index contributed by atoms with van der Waals surface area (Å²) in [5.74, 6) is 1.73. The van der Waals surface area contributed by atoms with Crippen molar-refractivity contribution < 1.29 is 19.4 Å². The fourth-order valence-electron chi connectivity index (χ4n) is 1.79. The smallest absolute Gasteiger partial charge is 0.150 e. The molecule has 0 aromatic heterocycles. The largest absolute Gasteiger partial charge is 0.508 e. The van der Waals surface area contributed by atoms with Crippen LogP contribution in [0, 0.1) is 11.3 Å². The van der Waals surface area contributed by atoms with Crippen molar-refractivity contribution in [3.63, 3.8) is 0 Å². The van der Waals surface area contributed by atoms with Gasteiger partial charge in [0.05, 0.1) is 13.2 Å². The van der Waals surface area contributed by atoms with Crippen LogP contribution < -0.4 is 0 Å². The Balaban J connectivity index is -0.000000304. The summed E-state index contributed by atoms with van der Waals surface area (Å²) in [6, 6.07) is 6.07. The average molecular weight is 405 g/mol. The Labute approximate surface area is 172 Å². The lowest BCUT2D eigenvalue weighted by molar-refractivity contribution is 0.103. The number of carbonyl (C=O) groups excluding carboxylic acids is 1. The summed E-state index contributed by atoms with van der Waals surface area (Å²) in [6.45, 7) is 14.8. The third-order valence-corrected chi connectivity index (χ3v) is 4.53. The molecular weight excluding hydrogens is 364 g/mol. The second-order valence-electron chi connectivity index (χ2n) is 6.48. The van der Waals surface area contributed by atoms with Gasteiger partial charge in [-0.05, 0) is 35.6 Å². The summed E-state index contributed by atoms with van der Waals surface area (Å²) in [4.78, 5) is 10.0. The van der Waals surface area contributed by atoms with Gasteiger partial charge in [-0.15, -0.1) is 11.6 Å². The van der Waals surface area contributed by atoms with E-state index in [1.165, 1.54) is 25.0 Å². The van der Waals surface area contributed by atoms with Crippen molar-refractivity contribution in [2.24, 2.45) is 11.3 Å². The molecule has 1 rings (SSSR count). The fourth-order valence-corrected chi connectivity index (χ4v) is 1.79. The number of phenolic OH excluding ortho intramolecular Hbond substituents is 1. The third kappa shape index (κ3) is 19.5. The van der Waals surface area contributed by atoms with Crippen molar-refractivity contribution >= 4 is 17.9 Å². The summed E-state index contributed by atoms with van der Waals surface area (Å²) < 4.78 is 9.31. The lowest BCUT2D eigenvalue weighted by Gasteiger charge is -2.31. The summed E-state index contributed by atoms with van der Waals surface area (Å²) in [5.41, 5.74) is 1.16. The van der Waals surface area contributed by atoms with E-state index in [1.54, 1.807) is 26.4 Å². The zero-order chi connectivity index (χ0) is 21.7. The van der Waals surface area contributed by atoms with Gasteiger partial charge in [-0.1, -0.05) is 54.4 Å². The van der Waals surface area contributed by atoms with Crippen molar-refractivity contribution in [3.8, 4) is 5.75 Å². The van der Waals surface area contributed by atoms with Gasteiger partial charge in [0, 0.05) is 25.7 Å². The number of phenols is 1. The van der Waals surface area contributed by atoms with Gasteiger partial charge in [0.25, 0.3) is 0 Å². The van der Waals surface area contributed by atoms with Crippen LogP contribution in [0.1, 0.15) is 64.7 Å². The molecular formula is C22H41ClO4. The topological polar surface area (TPSA) is 55.8 Å². The van der Waals surface area contributed by atoms with E-state index < -0.39 is 0 Å². The van der Waals surface area contributed by atoms with Crippen molar-refractivity contribution in [2.75, 3.05) is 33.3 Å². The minimum atomic E-state index is 0.181. The number of alkyl halides is 1. The molecule has 0 bridgehead atoms. The molecule has 1 N–H and O–H groups in total. The van der Waals surface area contributed by atoms with E-state index in [-0.39, 0.29) is 5.75 Å². The van der Waals surface area contributed by atoms with Crippen LogP contribution >= 0.6 is 11.6 Å². The van der Waals surface area contributed by atoms with E-state index in [0.717, 1.165) is 18.1 Å². The number of benzene rings is 1. The van der Waals surface area contributed by atoms with Gasteiger partial charge in [-0.3, -0.25) is 4.79 Å². The second-order valence-corrected chi connectivity index (χ2v) is 7.01. The first-order valence-corrected chi connectivity index (χ1v) is 10.0. The summed E-state index contributed by atoms with van der Waals surface area (Å²) in [7, 11) is 3.30. The van der Waals surface area contributed by atoms with Crippen LogP contribution in [0.2, 0.25) is 0 Å². The van der Waals surface area contributed by atoms with Crippen LogP contribution in [-0.4, -0.2) is 44.7 Å². The predicted molar refractivity (Wildman–Crippen MR) is 117 cm³/mol. The van der Waals surface area contributed by atoms with Crippen LogP contribution in [0.15, 0.2) is 24.3 Å². The maximum absolute atomic E-state index is 10.0. The average Bonchev–Trinajstić information content (AvgIpc) is 2.67. The predicted octanol–water partition coefficient (Wildman–Crippen LogP) is 6.20. The summed E-state index contributed by atoms with van der Waals surface area (Å²) >= 11 is 5.00. The summed E-state index contributed by atoms with van der Waals surface area (Å²) in [5, 5.41) is 8.74. The molecule has 1 aromatic rings. The number of halogens is 1. The second kappa shape index (κ2) is 21.2. The maximum Gasteiger partial charge on any atom is 0.150 e. The van der Waals surface area contributed by atoms with E-state index in [1.807, 2.05) is 6.92 Å². The number of carbonyl (C=O) groups is 1. The molecule has 0 aliphatic carbocycles. The van der Waals surface area contributed by atoms with Gasteiger partial charge in [0.15, 0.2) is 0 Å². The highest BCUT2D eigenvalue weighted by Gasteiger charge is 2.22. The quantitative estimate of drug-likeness (QED) is 0.334. The van der Waals surface area contributed by atoms with Gasteiger partial charge in [-0.25, -0.2) is 0 Å². The normalized spacial score (nSPS) is 9.85. The third-order valence-electron chi connectivity index (χ3n) is 4.53. The highest BCUT2D eigenvalue weighted by Crippen LogP contribution is 2.33. The first-order valence-electron chi connectivity index (χ1n) is 9.50. The molecule has 0 unspecified atom stereocenters. The zero-order valence-electron chi connectivity index (χ0n) is 18.5. The lowest BCUT2D eigenvalue weighted by Crippen LogP contribution is -2.20. The van der Waals surface area contributed by atoms with Gasteiger partial charge in [0.1, 0.15) is 12.0 Å². The Kier molecular flexibility index (Phi) is 24.0. The molecule has 0 saturated heterocycles. The maximum atomic E-state index is 10.0. The van der Waals surface area contributed by atoms with E-state index in [2.05, 4.69) is 44.1 Å². The number of hydrogen-bond donors (Lipinski definition) is 1. The monoisotopic (exact) mass is 404 g/mol. The van der Waals surface area contributed by atoms with Gasteiger partial charge >= 0.3 is 0 Å². The SMILES string of the molecule is CCC(C)(CC)C(C)C.CCCl.COCCOC.O=Cc1ccc(O)cc1. The van der Waals surface area contributed by atoms with Crippen molar-refractivity contribution in [1.82, 2.24) is 0 Å². The van der Waals surface area contributed by atoms with Crippen LogP contribution in [0.3, 0.4) is 0 Å². The molecule has 0 aliphatic rings. The fraction of sp³-hybridized carbons (Fsp3) is 0.682. The van der Waals surface area contributed by atoms with Crippen molar-refractivity contribution in [3.05, 3.63) is 29.8 Å². The molecule has 27 heavy (non-hydrogen) atoms.